The molecule has 3 aliphatic carbocycles. The van der Waals surface area contributed by atoms with E-state index in [0.29, 0.717) is 23.4 Å². The molecule has 182 valence electrons. The van der Waals surface area contributed by atoms with Crippen LogP contribution >= 0.6 is 0 Å². The Morgan fingerprint density at radius 3 is 2.65 bits per heavy atom. The summed E-state index contributed by atoms with van der Waals surface area (Å²) >= 11 is 0. The van der Waals surface area contributed by atoms with Gasteiger partial charge in [-0.15, -0.1) is 0 Å². The Hall–Kier alpha value is -1.42. The maximum absolute atomic E-state index is 7.51. The third-order valence-corrected chi connectivity index (χ3v) is 11.3. The second kappa shape index (κ2) is 7.08. The van der Waals surface area contributed by atoms with Gasteiger partial charge in [-0.05, 0) is 78.6 Å². The van der Waals surface area contributed by atoms with Crippen LogP contribution in [0.4, 0.5) is 0 Å². The average Bonchev–Trinajstić information content (AvgIpc) is 3.33. The van der Waals surface area contributed by atoms with Crippen LogP contribution in [0.2, 0.25) is 0 Å². The molecule has 6 atom stereocenters. The van der Waals surface area contributed by atoms with Gasteiger partial charge in [0.15, 0.2) is 0 Å². The number of nitrogens with zero attached hydrogens (tertiary/aromatic N) is 2. The highest BCUT2D eigenvalue weighted by Crippen LogP contribution is 2.67. The Morgan fingerprint density at radius 2 is 1.82 bits per heavy atom. The molecule has 0 unspecified atom stereocenters. The molecule has 2 saturated carbocycles. The molecule has 3 heteroatoms. The second-order valence-corrected chi connectivity index (χ2v) is 13.7. The summed E-state index contributed by atoms with van der Waals surface area (Å²) < 4.78 is 8.57. The SMILES string of the molecule is C[C@]12CC=C3C=C4CC[C@H]([N+](C)(C)C)C[C@]45CC[C@]3(O5)[C@@H]1CC[C@@H]2N1CCc2ccccc2C1. The molecule has 34 heavy (non-hydrogen) atoms. The van der Waals surface area contributed by atoms with Crippen molar-refractivity contribution in [3.8, 4) is 0 Å². The highest BCUT2D eigenvalue weighted by Gasteiger charge is 2.67. The Morgan fingerprint density at radius 1 is 1.00 bits per heavy atom. The van der Waals surface area contributed by atoms with E-state index in [-0.39, 0.29) is 11.2 Å². The van der Waals surface area contributed by atoms with E-state index in [9.17, 15) is 0 Å². The van der Waals surface area contributed by atoms with Crippen LogP contribution in [0, 0.1) is 11.3 Å². The van der Waals surface area contributed by atoms with Gasteiger partial charge >= 0.3 is 0 Å². The molecule has 3 heterocycles. The number of ether oxygens (including phenoxy) is 1. The molecule has 1 saturated heterocycles. The van der Waals surface area contributed by atoms with Gasteiger partial charge in [-0.25, -0.2) is 0 Å². The van der Waals surface area contributed by atoms with Crippen molar-refractivity contribution in [2.75, 3.05) is 27.7 Å². The van der Waals surface area contributed by atoms with Crippen molar-refractivity contribution < 1.29 is 9.22 Å². The van der Waals surface area contributed by atoms with Crippen LogP contribution in [0.5, 0.6) is 0 Å². The van der Waals surface area contributed by atoms with Gasteiger partial charge in [0.25, 0.3) is 0 Å². The van der Waals surface area contributed by atoms with Crippen molar-refractivity contribution in [2.24, 2.45) is 11.3 Å². The fraction of sp³-hybridized carbons (Fsp3) is 0.677. The van der Waals surface area contributed by atoms with Gasteiger partial charge in [-0.1, -0.05) is 43.3 Å². The predicted molar refractivity (Wildman–Crippen MR) is 137 cm³/mol. The Bertz CT molecular complexity index is 1080. The van der Waals surface area contributed by atoms with Crippen molar-refractivity contribution in [1.29, 1.82) is 0 Å². The third-order valence-electron chi connectivity index (χ3n) is 11.3. The van der Waals surface area contributed by atoms with Gasteiger partial charge in [0, 0.05) is 32.0 Å². The highest BCUT2D eigenvalue weighted by molar-refractivity contribution is 5.47. The number of hydrogen-bond acceptors (Lipinski definition) is 2. The van der Waals surface area contributed by atoms with Crippen LogP contribution in [0.3, 0.4) is 0 Å². The Labute approximate surface area is 206 Å². The normalized spacial score (nSPS) is 43.4. The lowest BCUT2D eigenvalue weighted by atomic mass is 9.59. The van der Waals surface area contributed by atoms with Crippen LogP contribution in [0.15, 0.2) is 47.6 Å². The quantitative estimate of drug-likeness (QED) is 0.530. The predicted octanol–water partition coefficient (Wildman–Crippen LogP) is 5.65. The zero-order valence-electron chi connectivity index (χ0n) is 21.8. The van der Waals surface area contributed by atoms with E-state index in [1.54, 1.807) is 22.3 Å². The molecule has 1 aromatic carbocycles. The minimum Gasteiger partial charge on any atom is -0.359 e. The summed E-state index contributed by atoms with van der Waals surface area (Å²) in [7, 11) is 7.14. The number of rotatable bonds is 2. The molecular formula is C31H43N2O+. The van der Waals surface area contributed by atoms with Gasteiger partial charge in [-0.2, -0.15) is 0 Å². The standard InChI is InChI=1S/C31H43N2O/c1-29-15-13-25-19-24-9-10-26(33(2,3)4)20-30(24)16-17-31(25,34-30)27(29)11-12-28(29)32-18-14-22-7-5-6-8-23(22)21-32/h5-8,13,19,26-28H,9-12,14-18,20-21H2,1-4H3/q+1/t26-,27+,28-,29-,30+,31+/m0/s1. The largest absolute Gasteiger partial charge is 0.359 e. The fourth-order valence-electron chi connectivity index (χ4n) is 9.40. The first-order chi connectivity index (χ1) is 16.2. The van der Waals surface area contributed by atoms with Crippen molar-refractivity contribution >= 4 is 0 Å². The first kappa shape index (κ1) is 21.8. The number of hydrogen-bond donors (Lipinski definition) is 0. The molecule has 0 aromatic heterocycles. The summed E-state index contributed by atoms with van der Waals surface area (Å²) in [5.41, 5.74) is 6.63. The molecule has 0 amide bonds. The Balaban J connectivity index is 1.21. The fourth-order valence-corrected chi connectivity index (χ4v) is 9.40. The molecule has 2 spiro atoms. The average molecular weight is 460 g/mol. The summed E-state index contributed by atoms with van der Waals surface area (Å²) in [6.07, 6.45) is 16.6. The highest BCUT2D eigenvalue weighted by atomic mass is 16.5. The van der Waals surface area contributed by atoms with Gasteiger partial charge in [0.2, 0.25) is 0 Å². The van der Waals surface area contributed by atoms with Crippen LogP contribution in [-0.4, -0.2) is 60.4 Å². The van der Waals surface area contributed by atoms with Gasteiger partial charge in [-0.3, -0.25) is 4.90 Å². The van der Waals surface area contributed by atoms with E-state index in [4.69, 9.17) is 4.74 Å². The molecular weight excluding hydrogens is 416 g/mol. The monoisotopic (exact) mass is 459 g/mol. The molecule has 2 bridgehead atoms. The lowest BCUT2D eigenvalue weighted by Crippen LogP contribution is -2.58. The molecule has 3 fully saturated rings. The van der Waals surface area contributed by atoms with E-state index in [1.807, 2.05) is 0 Å². The topological polar surface area (TPSA) is 12.5 Å². The smallest absolute Gasteiger partial charge is 0.0975 e. The molecule has 6 aliphatic rings. The first-order valence-electron chi connectivity index (χ1n) is 14.0. The van der Waals surface area contributed by atoms with Crippen LogP contribution in [-0.2, 0) is 17.7 Å². The van der Waals surface area contributed by atoms with Crippen LogP contribution < -0.4 is 0 Å². The number of allylic oxidation sites excluding steroid dienone is 1. The maximum atomic E-state index is 7.51. The molecule has 3 nitrogen and oxygen atoms in total. The van der Waals surface area contributed by atoms with Gasteiger partial charge in [0.05, 0.1) is 38.4 Å². The van der Waals surface area contributed by atoms with E-state index in [2.05, 4.69) is 69.4 Å². The summed E-state index contributed by atoms with van der Waals surface area (Å²) in [6, 6.07) is 10.5. The molecule has 7 rings (SSSR count). The number of fused-ring (bicyclic) bond motifs is 2. The minimum atomic E-state index is -0.0221. The zero-order chi connectivity index (χ0) is 23.3. The van der Waals surface area contributed by atoms with Gasteiger partial charge < -0.3 is 9.22 Å². The van der Waals surface area contributed by atoms with Crippen molar-refractivity contribution in [2.45, 2.75) is 94.5 Å². The minimum absolute atomic E-state index is 0.0200. The summed E-state index contributed by atoms with van der Waals surface area (Å²) in [4.78, 5) is 2.85. The molecule has 3 aliphatic heterocycles. The summed E-state index contributed by atoms with van der Waals surface area (Å²) in [6.45, 7) is 4.97. The van der Waals surface area contributed by atoms with Crippen molar-refractivity contribution in [3.63, 3.8) is 0 Å². The zero-order valence-corrected chi connectivity index (χ0v) is 21.8. The van der Waals surface area contributed by atoms with Crippen molar-refractivity contribution in [3.05, 3.63) is 58.7 Å². The molecule has 0 N–H and O–H groups in total. The third kappa shape index (κ3) is 2.87. The lowest BCUT2D eigenvalue weighted by Gasteiger charge is -2.56. The molecule has 0 radical (unpaired) electrons. The molecule has 1 aromatic rings. The van der Waals surface area contributed by atoms with E-state index >= 15 is 0 Å². The summed E-state index contributed by atoms with van der Waals surface area (Å²) in [5, 5.41) is 0. The van der Waals surface area contributed by atoms with Gasteiger partial charge in [0.1, 0.15) is 0 Å². The Kier molecular flexibility index (Phi) is 4.55. The van der Waals surface area contributed by atoms with E-state index < -0.39 is 0 Å². The van der Waals surface area contributed by atoms with Crippen LogP contribution in [0.1, 0.15) is 69.4 Å². The maximum Gasteiger partial charge on any atom is 0.0975 e. The summed E-state index contributed by atoms with van der Waals surface area (Å²) in [5.74, 6) is 0.656. The lowest BCUT2D eigenvalue weighted by molar-refractivity contribution is -0.898. The van der Waals surface area contributed by atoms with E-state index in [0.717, 1.165) is 11.0 Å². The first-order valence-corrected chi connectivity index (χ1v) is 14.0. The number of quaternary nitrogens is 1. The van der Waals surface area contributed by atoms with Crippen LogP contribution in [0.25, 0.3) is 0 Å². The second-order valence-electron chi connectivity index (χ2n) is 13.7. The van der Waals surface area contributed by atoms with E-state index in [1.165, 1.54) is 64.3 Å². The van der Waals surface area contributed by atoms with Crippen molar-refractivity contribution in [1.82, 2.24) is 4.90 Å². The number of benzene rings is 1.